The number of rotatable bonds is 5. The molecule has 0 aliphatic carbocycles. The molecule has 4 nitrogen and oxygen atoms in total. The molecule has 2 heterocycles. The van der Waals surface area contributed by atoms with Crippen molar-refractivity contribution in [2.75, 3.05) is 0 Å². The van der Waals surface area contributed by atoms with Crippen molar-refractivity contribution in [2.24, 2.45) is 0 Å². The zero-order valence-electron chi connectivity index (χ0n) is 10.6. The van der Waals surface area contributed by atoms with Gasteiger partial charge in [0.15, 0.2) is 0 Å². The molecule has 2 rings (SSSR count). The van der Waals surface area contributed by atoms with Crippen LogP contribution < -0.4 is 5.56 Å². The number of thiophene rings is 1. The quantitative estimate of drug-likeness (QED) is 0.780. The summed E-state index contributed by atoms with van der Waals surface area (Å²) in [4.78, 5) is 27.3. The van der Waals surface area contributed by atoms with Crippen molar-refractivity contribution in [3.63, 3.8) is 0 Å². The third-order valence-corrected chi connectivity index (χ3v) is 3.98. The third kappa shape index (κ3) is 2.67. The van der Waals surface area contributed by atoms with E-state index >= 15 is 0 Å². The van der Waals surface area contributed by atoms with E-state index in [2.05, 4.69) is 4.98 Å². The fourth-order valence-electron chi connectivity index (χ4n) is 1.88. The highest BCUT2D eigenvalue weighted by Gasteiger charge is 2.07. The molecule has 0 atom stereocenters. The number of hydrogen-bond acceptors (Lipinski definition) is 4. The number of nitrogens with zero attached hydrogens (tertiary/aromatic N) is 2. The van der Waals surface area contributed by atoms with Crippen LogP contribution in [0.15, 0.2) is 16.5 Å². The van der Waals surface area contributed by atoms with Crippen LogP contribution in [0.1, 0.15) is 31.7 Å². The predicted octanol–water partition coefficient (Wildman–Crippen LogP) is 2.53. The lowest BCUT2D eigenvalue weighted by Crippen LogP contribution is -2.19. The average molecular weight is 264 g/mol. The average Bonchev–Trinajstić information content (AvgIpc) is 2.70. The number of fused-ring (bicyclic) bond motifs is 1. The van der Waals surface area contributed by atoms with Gasteiger partial charge in [0.05, 0.1) is 11.8 Å². The normalized spacial score (nSPS) is 11.0. The molecule has 0 unspecified atom stereocenters. The molecular formula is C13H16N2O2S. The number of unbranched alkanes of at least 4 members (excludes halogenated alkanes) is 1. The van der Waals surface area contributed by atoms with Crippen molar-refractivity contribution in [1.29, 1.82) is 0 Å². The summed E-state index contributed by atoms with van der Waals surface area (Å²) < 4.78 is 2.36. The van der Waals surface area contributed by atoms with Gasteiger partial charge < -0.3 is 4.79 Å². The molecule has 2 aromatic rings. The second kappa shape index (κ2) is 5.44. The van der Waals surface area contributed by atoms with Crippen LogP contribution in [-0.4, -0.2) is 15.3 Å². The first-order valence-corrected chi connectivity index (χ1v) is 6.90. The molecular weight excluding hydrogens is 248 g/mol. The number of carbonyl (C=O) groups is 1. The number of Topliss-reactive ketones (excluding diaryl/α,β-unsaturated/α-hetero) is 1. The van der Waals surface area contributed by atoms with Crippen LogP contribution in [0.4, 0.5) is 0 Å². The Morgan fingerprint density at radius 3 is 2.94 bits per heavy atom. The molecule has 0 aliphatic heterocycles. The molecule has 0 bridgehead atoms. The van der Waals surface area contributed by atoms with Crippen molar-refractivity contribution < 1.29 is 4.79 Å². The molecule has 0 aliphatic rings. The van der Waals surface area contributed by atoms with Gasteiger partial charge in [-0.1, -0.05) is 0 Å². The maximum absolute atomic E-state index is 12.1. The minimum atomic E-state index is 0.0286. The topological polar surface area (TPSA) is 52.0 Å². The van der Waals surface area contributed by atoms with Gasteiger partial charge in [0.2, 0.25) is 0 Å². The Morgan fingerprint density at radius 2 is 2.22 bits per heavy atom. The zero-order valence-corrected chi connectivity index (χ0v) is 11.4. The number of carbonyl (C=O) groups excluding carboxylic acids is 1. The minimum absolute atomic E-state index is 0.0286. The smallest absolute Gasteiger partial charge is 0.271 e. The summed E-state index contributed by atoms with van der Waals surface area (Å²) in [5, 5.41) is 1.96. The van der Waals surface area contributed by atoms with Crippen LogP contribution in [0.3, 0.4) is 0 Å². The summed E-state index contributed by atoms with van der Waals surface area (Å²) in [7, 11) is 0. The molecule has 0 aromatic carbocycles. The van der Waals surface area contributed by atoms with Gasteiger partial charge >= 0.3 is 0 Å². The number of hydrogen-bond donors (Lipinski definition) is 0. The van der Waals surface area contributed by atoms with E-state index in [1.165, 1.54) is 11.3 Å². The second-order valence-electron chi connectivity index (χ2n) is 4.50. The van der Waals surface area contributed by atoms with E-state index in [9.17, 15) is 9.59 Å². The summed E-state index contributed by atoms with van der Waals surface area (Å²) >= 11 is 1.45. The predicted molar refractivity (Wildman–Crippen MR) is 73.1 cm³/mol. The van der Waals surface area contributed by atoms with Gasteiger partial charge in [-0.25, -0.2) is 4.98 Å². The highest BCUT2D eigenvalue weighted by atomic mass is 32.1. The largest absolute Gasteiger partial charge is 0.300 e. The van der Waals surface area contributed by atoms with Gasteiger partial charge in [-0.2, -0.15) is 0 Å². The van der Waals surface area contributed by atoms with Gasteiger partial charge in [-0.3, -0.25) is 9.36 Å². The van der Waals surface area contributed by atoms with Crippen molar-refractivity contribution in [3.8, 4) is 0 Å². The Labute approximate surface area is 109 Å². The molecule has 0 spiro atoms. The maximum atomic E-state index is 12.1. The molecule has 0 fully saturated rings. The van der Waals surface area contributed by atoms with E-state index in [4.69, 9.17) is 0 Å². The van der Waals surface area contributed by atoms with Crippen LogP contribution in [0, 0.1) is 6.92 Å². The minimum Gasteiger partial charge on any atom is -0.300 e. The lowest BCUT2D eigenvalue weighted by Gasteiger charge is -2.04. The van der Waals surface area contributed by atoms with Crippen LogP contribution >= 0.6 is 11.3 Å². The fourth-order valence-corrected chi connectivity index (χ4v) is 2.83. The SMILES string of the molecule is CC(=O)CCCCn1cnc2c(C)csc2c1=O. The lowest BCUT2D eigenvalue weighted by molar-refractivity contribution is -0.117. The van der Waals surface area contributed by atoms with Gasteiger partial charge in [0.25, 0.3) is 5.56 Å². The first kappa shape index (κ1) is 13.0. The summed E-state index contributed by atoms with van der Waals surface area (Å²) in [6.45, 7) is 4.18. The molecule has 5 heteroatoms. The summed E-state index contributed by atoms with van der Waals surface area (Å²) in [6.07, 6.45) is 3.85. The Balaban J connectivity index is 2.12. The second-order valence-corrected chi connectivity index (χ2v) is 5.38. The molecule has 0 radical (unpaired) electrons. The highest BCUT2D eigenvalue weighted by Crippen LogP contribution is 2.19. The number of aryl methyl sites for hydroxylation is 2. The lowest BCUT2D eigenvalue weighted by atomic mass is 10.2. The summed E-state index contributed by atoms with van der Waals surface area (Å²) in [6, 6.07) is 0. The Hall–Kier alpha value is -1.49. The number of aromatic nitrogens is 2. The van der Waals surface area contributed by atoms with Gasteiger partial charge in [0.1, 0.15) is 10.5 Å². The van der Waals surface area contributed by atoms with E-state index in [0.29, 0.717) is 13.0 Å². The van der Waals surface area contributed by atoms with E-state index < -0.39 is 0 Å². The van der Waals surface area contributed by atoms with E-state index in [1.807, 2.05) is 12.3 Å². The highest BCUT2D eigenvalue weighted by molar-refractivity contribution is 7.17. The van der Waals surface area contributed by atoms with E-state index in [1.54, 1.807) is 17.8 Å². The fraction of sp³-hybridized carbons (Fsp3) is 0.462. The van der Waals surface area contributed by atoms with Gasteiger partial charge in [0, 0.05) is 13.0 Å². The van der Waals surface area contributed by atoms with E-state index in [0.717, 1.165) is 28.6 Å². The number of ketones is 1. The standard InChI is InChI=1S/C13H16N2O2S/c1-9-7-18-12-11(9)14-8-15(13(12)17)6-4-3-5-10(2)16/h7-8H,3-6H2,1-2H3. The molecule has 0 N–H and O–H groups in total. The van der Waals surface area contributed by atoms with Crippen molar-refractivity contribution in [2.45, 2.75) is 39.7 Å². The molecule has 0 saturated heterocycles. The molecule has 18 heavy (non-hydrogen) atoms. The zero-order chi connectivity index (χ0) is 13.1. The molecule has 0 saturated carbocycles. The summed E-state index contributed by atoms with van der Waals surface area (Å²) in [5.74, 6) is 0.199. The summed E-state index contributed by atoms with van der Waals surface area (Å²) in [5.41, 5.74) is 1.89. The Morgan fingerprint density at radius 1 is 1.44 bits per heavy atom. The van der Waals surface area contributed by atoms with Gasteiger partial charge in [-0.15, -0.1) is 11.3 Å². The molecule has 96 valence electrons. The molecule has 2 aromatic heterocycles. The van der Waals surface area contributed by atoms with Crippen LogP contribution in [-0.2, 0) is 11.3 Å². The maximum Gasteiger partial charge on any atom is 0.271 e. The van der Waals surface area contributed by atoms with Crippen molar-refractivity contribution >= 4 is 27.3 Å². The van der Waals surface area contributed by atoms with Crippen LogP contribution in [0.25, 0.3) is 10.2 Å². The molecule has 0 amide bonds. The third-order valence-electron chi connectivity index (χ3n) is 2.90. The first-order chi connectivity index (χ1) is 8.59. The monoisotopic (exact) mass is 264 g/mol. The van der Waals surface area contributed by atoms with Gasteiger partial charge in [-0.05, 0) is 37.6 Å². The first-order valence-electron chi connectivity index (χ1n) is 6.02. The Bertz CT molecular complexity index is 627. The Kier molecular flexibility index (Phi) is 3.91. The van der Waals surface area contributed by atoms with Crippen molar-refractivity contribution in [1.82, 2.24) is 9.55 Å². The van der Waals surface area contributed by atoms with E-state index in [-0.39, 0.29) is 11.3 Å². The van der Waals surface area contributed by atoms with Crippen LogP contribution in [0.5, 0.6) is 0 Å². The van der Waals surface area contributed by atoms with Crippen molar-refractivity contribution in [3.05, 3.63) is 27.6 Å². The van der Waals surface area contributed by atoms with Crippen LogP contribution in [0.2, 0.25) is 0 Å².